The molecular weight excluding hydrogens is 202 g/mol. The van der Waals surface area contributed by atoms with Crippen LogP contribution < -0.4 is 11.5 Å². The van der Waals surface area contributed by atoms with E-state index in [-0.39, 0.29) is 17.2 Å². The summed E-state index contributed by atoms with van der Waals surface area (Å²) in [6.45, 7) is 8.91. The molecule has 16 heavy (non-hydrogen) atoms. The van der Waals surface area contributed by atoms with Gasteiger partial charge in [-0.15, -0.1) is 0 Å². The first-order valence-corrected chi connectivity index (χ1v) is 6.20. The fourth-order valence-corrected chi connectivity index (χ4v) is 2.79. The number of nitrogens with two attached hydrogens (primary N) is 2. The van der Waals surface area contributed by atoms with E-state index in [4.69, 9.17) is 16.3 Å². The van der Waals surface area contributed by atoms with Gasteiger partial charge in [0.25, 0.3) is 0 Å². The normalized spacial score (nSPS) is 36.0. The van der Waals surface area contributed by atoms with E-state index < -0.39 is 5.66 Å². The molecule has 0 bridgehead atoms. The van der Waals surface area contributed by atoms with Gasteiger partial charge in [-0.05, 0) is 47.0 Å². The monoisotopic (exact) mass is 227 g/mol. The Labute approximate surface area is 98.2 Å². The van der Waals surface area contributed by atoms with Gasteiger partial charge in [-0.1, -0.05) is 0 Å². The second kappa shape index (κ2) is 3.42. The van der Waals surface area contributed by atoms with Gasteiger partial charge < -0.3 is 11.5 Å². The van der Waals surface area contributed by atoms with Crippen LogP contribution in [0.15, 0.2) is 0 Å². The lowest BCUT2D eigenvalue weighted by Crippen LogP contribution is -2.59. The summed E-state index contributed by atoms with van der Waals surface area (Å²) in [6.07, 6.45) is 4.32. The average molecular weight is 227 g/mol. The van der Waals surface area contributed by atoms with E-state index >= 15 is 0 Å². The SMILES string of the molecule is CC1(C)CCCC(C)(C)N1OC1CC1(N)N. The fraction of sp³-hybridized carbons (Fsp3) is 1.00. The molecule has 0 amide bonds. The van der Waals surface area contributed by atoms with Crippen molar-refractivity contribution in [2.24, 2.45) is 11.5 Å². The molecule has 0 aromatic heterocycles. The molecule has 1 saturated heterocycles. The summed E-state index contributed by atoms with van der Waals surface area (Å²) in [5.41, 5.74) is 11.2. The van der Waals surface area contributed by atoms with Crippen molar-refractivity contribution in [1.29, 1.82) is 0 Å². The van der Waals surface area contributed by atoms with E-state index in [1.54, 1.807) is 0 Å². The molecule has 1 aliphatic heterocycles. The smallest absolute Gasteiger partial charge is 0.113 e. The Balaban J connectivity index is 2.09. The third-order valence-electron chi connectivity index (χ3n) is 3.89. The van der Waals surface area contributed by atoms with Crippen molar-refractivity contribution in [2.45, 2.75) is 76.2 Å². The molecule has 1 unspecified atom stereocenters. The van der Waals surface area contributed by atoms with Crippen molar-refractivity contribution in [2.75, 3.05) is 0 Å². The van der Waals surface area contributed by atoms with Crippen molar-refractivity contribution >= 4 is 0 Å². The van der Waals surface area contributed by atoms with Crippen LogP contribution in [-0.2, 0) is 4.84 Å². The van der Waals surface area contributed by atoms with E-state index in [2.05, 4.69) is 32.8 Å². The maximum Gasteiger partial charge on any atom is 0.113 e. The highest BCUT2D eigenvalue weighted by Gasteiger charge is 2.54. The van der Waals surface area contributed by atoms with Crippen LogP contribution in [0.5, 0.6) is 0 Å². The predicted octanol–water partition coefficient (Wildman–Crippen LogP) is 1.35. The molecule has 0 aromatic rings. The molecule has 4 N–H and O–H groups in total. The zero-order valence-corrected chi connectivity index (χ0v) is 10.9. The Hall–Kier alpha value is -0.160. The number of hydrogen-bond donors (Lipinski definition) is 2. The lowest BCUT2D eigenvalue weighted by Gasteiger charge is -2.51. The molecule has 2 aliphatic rings. The summed E-state index contributed by atoms with van der Waals surface area (Å²) in [7, 11) is 0. The van der Waals surface area contributed by atoms with Gasteiger partial charge in [0, 0.05) is 17.5 Å². The fourth-order valence-electron chi connectivity index (χ4n) is 2.79. The number of nitrogens with zero attached hydrogens (tertiary/aromatic N) is 1. The van der Waals surface area contributed by atoms with Gasteiger partial charge in [-0.3, -0.25) is 4.84 Å². The lowest BCUT2D eigenvalue weighted by molar-refractivity contribution is -0.290. The van der Waals surface area contributed by atoms with Crippen LogP contribution in [0, 0.1) is 0 Å². The first kappa shape index (κ1) is 12.3. The van der Waals surface area contributed by atoms with E-state index in [9.17, 15) is 0 Å². The summed E-state index contributed by atoms with van der Waals surface area (Å²) in [4.78, 5) is 6.03. The Morgan fingerprint density at radius 1 is 1.06 bits per heavy atom. The van der Waals surface area contributed by atoms with Crippen LogP contribution in [-0.4, -0.2) is 27.9 Å². The van der Waals surface area contributed by atoms with Gasteiger partial charge in [0.1, 0.15) is 6.10 Å². The molecular formula is C12H25N3O. The molecule has 1 saturated carbocycles. The van der Waals surface area contributed by atoms with E-state index in [1.807, 2.05) is 0 Å². The highest BCUT2D eigenvalue weighted by Crippen LogP contribution is 2.42. The molecule has 0 aromatic carbocycles. The maximum absolute atomic E-state index is 6.03. The lowest BCUT2D eigenvalue weighted by atomic mass is 9.82. The summed E-state index contributed by atoms with van der Waals surface area (Å²) in [6, 6.07) is 0. The first-order chi connectivity index (χ1) is 7.15. The quantitative estimate of drug-likeness (QED) is 0.699. The molecule has 2 rings (SSSR count). The average Bonchev–Trinajstić information content (AvgIpc) is 2.66. The minimum atomic E-state index is -0.608. The van der Waals surface area contributed by atoms with Gasteiger partial charge in [-0.25, -0.2) is 0 Å². The highest BCUT2D eigenvalue weighted by atomic mass is 16.7. The molecule has 1 heterocycles. The molecule has 2 fully saturated rings. The first-order valence-electron chi connectivity index (χ1n) is 6.20. The Morgan fingerprint density at radius 2 is 1.50 bits per heavy atom. The minimum Gasteiger partial charge on any atom is -0.311 e. The van der Waals surface area contributed by atoms with Crippen LogP contribution in [0.1, 0.15) is 53.4 Å². The second-order valence-corrected chi connectivity index (χ2v) is 6.68. The van der Waals surface area contributed by atoms with Gasteiger partial charge in [0.05, 0.1) is 5.66 Å². The van der Waals surface area contributed by atoms with Crippen molar-refractivity contribution in [1.82, 2.24) is 5.06 Å². The molecule has 4 nitrogen and oxygen atoms in total. The van der Waals surface area contributed by atoms with Crippen LogP contribution in [0.3, 0.4) is 0 Å². The van der Waals surface area contributed by atoms with E-state index in [0.717, 1.165) is 19.3 Å². The Morgan fingerprint density at radius 3 is 1.88 bits per heavy atom. The van der Waals surface area contributed by atoms with E-state index in [1.165, 1.54) is 6.42 Å². The summed E-state index contributed by atoms with van der Waals surface area (Å²) in [5, 5.41) is 2.13. The number of rotatable bonds is 2. The summed E-state index contributed by atoms with van der Waals surface area (Å²) < 4.78 is 0. The molecule has 94 valence electrons. The topological polar surface area (TPSA) is 64.5 Å². The Kier molecular flexibility index (Phi) is 2.63. The predicted molar refractivity (Wildman–Crippen MR) is 64.4 cm³/mol. The zero-order valence-electron chi connectivity index (χ0n) is 10.9. The van der Waals surface area contributed by atoms with Crippen LogP contribution in [0.25, 0.3) is 0 Å². The van der Waals surface area contributed by atoms with Gasteiger partial charge in [-0.2, -0.15) is 5.06 Å². The van der Waals surface area contributed by atoms with Crippen LogP contribution in [0.4, 0.5) is 0 Å². The van der Waals surface area contributed by atoms with Crippen LogP contribution in [0.2, 0.25) is 0 Å². The molecule has 1 aliphatic carbocycles. The highest BCUT2D eigenvalue weighted by molar-refractivity contribution is 5.06. The number of hydroxylamine groups is 2. The van der Waals surface area contributed by atoms with Crippen molar-refractivity contribution in [3.05, 3.63) is 0 Å². The zero-order chi connectivity index (χ0) is 12.2. The molecule has 0 radical (unpaired) electrons. The van der Waals surface area contributed by atoms with E-state index in [0.29, 0.717) is 0 Å². The maximum atomic E-state index is 6.03. The third-order valence-corrected chi connectivity index (χ3v) is 3.89. The Bertz CT molecular complexity index is 270. The van der Waals surface area contributed by atoms with Gasteiger partial charge >= 0.3 is 0 Å². The van der Waals surface area contributed by atoms with Crippen LogP contribution >= 0.6 is 0 Å². The summed E-state index contributed by atoms with van der Waals surface area (Å²) in [5.74, 6) is 0. The van der Waals surface area contributed by atoms with Crippen molar-refractivity contribution in [3.63, 3.8) is 0 Å². The van der Waals surface area contributed by atoms with Gasteiger partial charge in [0.2, 0.25) is 0 Å². The standard InChI is InChI=1S/C12H25N3O/c1-10(2)6-5-7-11(3,4)15(10)16-9-8-12(9,13)14/h9H,5-8,13-14H2,1-4H3. The van der Waals surface area contributed by atoms with Crippen molar-refractivity contribution in [3.8, 4) is 0 Å². The largest absolute Gasteiger partial charge is 0.311 e. The third kappa shape index (κ3) is 2.12. The van der Waals surface area contributed by atoms with Crippen molar-refractivity contribution < 1.29 is 4.84 Å². The minimum absolute atomic E-state index is 0.0100. The second-order valence-electron chi connectivity index (χ2n) is 6.68. The van der Waals surface area contributed by atoms with Gasteiger partial charge in [0.15, 0.2) is 0 Å². The molecule has 0 spiro atoms. The summed E-state index contributed by atoms with van der Waals surface area (Å²) >= 11 is 0. The molecule has 4 heteroatoms. The number of hydrogen-bond acceptors (Lipinski definition) is 4. The number of piperidine rings is 1. The molecule has 1 atom stereocenters.